The first-order valence-electron chi connectivity index (χ1n) is 13.0. The summed E-state index contributed by atoms with van der Waals surface area (Å²) in [6.45, 7) is 12.6. The lowest BCUT2D eigenvalue weighted by atomic mass is 9.95. The van der Waals surface area contributed by atoms with Crippen LogP contribution in [0.1, 0.15) is 36.5 Å². The van der Waals surface area contributed by atoms with Crippen LogP contribution in [-0.2, 0) is 11.2 Å². The Kier molecular flexibility index (Phi) is 7.51. The molecular formula is C28H36ClN5O2. The molecule has 4 heterocycles. The van der Waals surface area contributed by atoms with Crippen LogP contribution < -0.4 is 4.74 Å². The Morgan fingerprint density at radius 3 is 2.64 bits per heavy atom. The molecule has 2 fully saturated rings. The molecule has 2 saturated heterocycles. The van der Waals surface area contributed by atoms with E-state index in [1.165, 1.54) is 25.9 Å². The number of ether oxygens (including phenoxy) is 1. The normalized spacial score (nSPS) is 21.9. The molecule has 1 aromatic carbocycles. The summed E-state index contributed by atoms with van der Waals surface area (Å²) in [4.78, 5) is 27.6. The van der Waals surface area contributed by atoms with Crippen LogP contribution in [0.4, 0.5) is 5.82 Å². The van der Waals surface area contributed by atoms with Crippen molar-refractivity contribution in [3.63, 3.8) is 0 Å². The van der Waals surface area contributed by atoms with E-state index in [1.807, 2.05) is 42.3 Å². The Bertz CT molecular complexity index is 1140. The van der Waals surface area contributed by atoms with Gasteiger partial charge in [0.1, 0.15) is 11.6 Å². The van der Waals surface area contributed by atoms with Gasteiger partial charge in [0.05, 0.1) is 0 Å². The first kappa shape index (κ1) is 25.1. The number of rotatable bonds is 6. The van der Waals surface area contributed by atoms with Crippen molar-refractivity contribution in [2.24, 2.45) is 10.9 Å². The van der Waals surface area contributed by atoms with E-state index in [2.05, 4.69) is 33.5 Å². The molecule has 1 aromatic heterocycles. The van der Waals surface area contributed by atoms with Gasteiger partial charge in [0.2, 0.25) is 0 Å². The van der Waals surface area contributed by atoms with Gasteiger partial charge in [0.15, 0.2) is 6.10 Å². The number of aromatic amines is 1. The lowest BCUT2D eigenvalue weighted by Crippen LogP contribution is -2.53. The molecule has 2 aromatic rings. The van der Waals surface area contributed by atoms with Gasteiger partial charge in [-0.15, -0.1) is 0 Å². The number of likely N-dealkylation sites (tertiary alicyclic amines) is 1. The molecule has 3 aliphatic rings. The van der Waals surface area contributed by atoms with Gasteiger partial charge in [-0.1, -0.05) is 17.7 Å². The highest BCUT2D eigenvalue weighted by molar-refractivity contribution is 6.31. The number of aliphatic imine (C=N–C) groups is 1. The van der Waals surface area contributed by atoms with Crippen LogP contribution in [0.25, 0.3) is 5.57 Å². The number of aromatic nitrogens is 1. The van der Waals surface area contributed by atoms with Crippen molar-refractivity contribution in [2.75, 3.05) is 52.9 Å². The van der Waals surface area contributed by atoms with Crippen molar-refractivity contribution in [1.82, 2.24) is 19.7 Å². The molecule has 1 unspecified atom stereocenters. The number of carbonyl (C=O) groups excluding carboxylic acids is 1. The maximum absolute atomic E-state index is 13.5. The summed E-state index contributed by atoms with van der Waals surface area (Å²) in [5.41, 5.74) is 3.73. The smallest absolute Gasteiger partial charge is 0.264 e. The minimum atomic E-state index is -0.515. The fourth-order valence-electron chi connectivity index (χ4n) is 5.79. The molecule has 7 nitrogen and oxygen atoms in total. The fourth-order valence-corrected chi connectivity index (χ4v) is 6.03. The standard InChI is InChI=1S/C28H36ClN5O2/c1-4-22(23-5-8-31-27(23)30-2)24-17-21(29)15-20-16-25(36-26(20)24)28(35)34-13-11-33(12-14-34)18-19-6-9-32(3)10-7-19/h4-5,8,15,17,19,25,31H,2,6-7,9-14,16,18H2,1,3H3/b22-4+. The van der Waals surface area contributed by atoms with Gasteiger partial charge < -0.3 is 19.5 Å². The van der Waals surface area contributed by atoms with Crippen molar-refractivity contribution in [1.29, 1.82) is 0 Å². The highest BCUT2D eigenvalue weighted by atomic mass is 35.5. The van der Waals surface area contributed by atoms with Gasteiger partial charge in [-0.2, -0.15) is 0 Å². The molecule has 192 valence electrons. The van der Waals surface area contributed by atoms with Gasteiger partial charge in [0.25, 0.3) is 5.91 Å². The second-order valence-electron chi connectivity index (χ2n) is 10.2. The number of halogens is 1. The third-order valence-corrected chi connectivity index (χ3v) is 8.08. The third kappa shape index (κ3) is 5.10. The van der Waals surface area contributed by atoms with Crippen LogP contribution in [0.15, 0.2) is 35.5 Å². The van der Waals surface area contributed by atoms with Gasteiger partial charge >= 0.3 is 0 Å². The molecule has 0 radical (unpaired) electrons. The minimum Gasteiger partial charge on any atom is -0.479 e. The van der Waals surface area contributed by atoms with E-state index in [0.717, 1.165) is 66.7 Å². The van der Waals surface area contributed by atoms with Crippen LogP contribution >= 0.6 is 11.6 Å². The Morgan fingerprint density at radius 2 is 1.94 bits per heavy atom. The molecule has 0 aliphatic carbocycles. The van der Waals surface area contributed by atoms with Gasteiger partial charge in [-0.3, -0.25) is 9.69 Å². The molecule has 5 rings (SSSR count). The molecular weight excluding hydrogens is 474 g/mol. The molecule has 1 N–H and O–H groups in total. The Balaban J connectivity index is 1.25. The number of allylic oxidation sites excluding steroid dienone is 1. The van der Waals surface area contributed by atoms with Crippen molar-refractivity contribution in [3.05, 3.63) is 52.2 Å². The number of nitrogens with zero attached hydrogens (tertiary/aromatic N) is 4. The molecule has 0 bridgehead atoms. The van der Waals surface area contributed by atoms with E-state index >= 15 is 0 Å². The summed E-state index contributed by atoms with van der Waals surface area (Å²) < 4.78 is 6.36. The Labute approximate surface area is 218 Å². The number of H-pyrrole nitrogens is 1. The van der Waals surface area contributed by atoms with Crippen molar-refractivity contribution >= 4 is 35.6 Å². The maximum Gasteiger partial charge on any atom is 0.264 e. The Hall–Kier alpha value is -2.61. The summed E-state index contributed by atoms with van der Waals surface area (Å²) in [6.07, 6.45) is 6.43. The zero-order valence-electron chi connectivity index (χ0n) is 21.3. The van der Waals surface area contributed by atoms with Crippen molar-refractivity contribution in [3.8, 4) is 5.75 Å². The number of amides is 1. The summed E-state index contributed by atoms with van der Waals surface area (Å²) in [6, 6.07) is 5.80. The summed E-state index contributed by atoms with van der Waals surface area (Å²) in [5.74, 6) is 2.28. The van der Waals surface area contributed by atoms with E-state index in [0.29, 0.717) is 17.3 Å². The van der Waals surface area contributed by atoms with Crippen LogP contribution in [-0.4, -0.2) is 91.3 Å². The monoisotopic (exact) mass is 509 g/mol. The molecule has 0 saturated carbocycles. The van der Waals surface area contributed by atoms with Crippen LogP contribution in [0, 0.1) is 5.92 Å². The van der Waals surface area contributed by atoms with Gasteiger partial charge in [-0.25, -0.2) is 4.99 Å². The largest absolute Gasteiger partial charge is 0.479 e. The predicted octanol–water partition coefficient (Wildman–Crippen LogP) is 4.24. The molecule has 1 atom stereocenters. The fraction of sp³-hybridized carbons (Fsp3) is 0.500. The highest BCUT2D eigenvalue weighted by Crippen LogP contribution is 2.42. The molecule has 8 heteroatoms. The molecule has 3 aliphatic heterocycles. The maximum atomic E-state index is 13.5. The van der Waals surface area contributed by atoms with E-state index in [9.17, 15) is 4.79 Å². The second-order valence-corrected chi connectivity index (χ2v) is 10.7. The van der Waals surface area contributed by atoms with Crippen LogP contribution in [0.5, 0.6) is 5.75 Å². The quantitative estimate of drug-likeness (QED) is 0.591. The molecule has 36 heavy (non-hydrogen) atoms. The lowest BCUT2D eigenvalue weighted by Gasteiger charge is -2.38. The van der Waals surface area contributed by atoms with Crippen molar-refractivity contribution < 1.29 is 9.53 Å². The number of fused-ring (bicyclic) bond motifs is 1. The first-order valence-corrected chi connectivity index (χ1v) is 13.3. The summed E-state index contributed by atoms with van der Waals surface area (Å²) >= 11 is 6.51. The summed E-state index contributed by atoms with van der Waals surface area (Å²) in [7, 11) is 2.20. The molecule has 1 amide bonds. The van der Waals surface area contributed by atoms with E-state index in [4.69, 9.17) is 16.3 Å². The zero-order chi connectivity index (χ0) is 25.2. The number of piperidine rings is 1. The average Bonchev–Trinajstić information content (AvgIpc) is 3.53. The number of nitrogens with one attached hydrogen (secondary N) is 1. The third-order valence-electron chi connectivity index (χ3n) is 7.86. The van der Waals surface area contributed by atoms with E-state index in [1.54, 1.807) is 0 Å². The summed E-state index contributed by atoms with van der Waals surface area (Å²) in [5, 5.41) is 0.631. The average molecular weight is 510 g/mol. The van der Waals surface area contributed by atoms with E-state index < -0.39 is 6.10 Å². The minimum absolute atomic E-state index is 0.0735. The number of hydrogen-bond acceptors (Lipinski definition) is 5. The number of benzene rings is 1. The number of piperazine rings is 1. The second kappa shape index (κ2) is 10.8. The Morgan fingerprint density at radius 1 is 1.19 bits per heavy atom. The van der Waals surface area contributed by atoms with Gasteiger partial charge in [0, 0.05) is 67.1 Å². The van der Waals surface area contributed by atoms with E-state index in [-0.39, 0.29) is 5.91 Å². The lowest BCUT2D eigenvalue weighted by molar-refractivity contribution is -0.139. The SMILES string of the molecule is C=Nc1[nH]ccc1/C(=C\C)c1cc(Cl)cc2c1OC(C(=O)N1CCN(CC3CCN(C)CC3)CC1)C2. The topological polar surface area (TPSA) is 64.2 Å². The molecule has 0 spiro atoms. The number of hydrogen-bond donors (Lipinski definition) is 1. The highest BCUT2D eigenvalue weighted by Gasteiger charge is 2.36. The number of carbonyl (C=O) groups is 1. The van der Waals surface area contributed by atoms with Gasteiger partial charge in [-0.05, 0) is 76.3 Å². The van der Waals surface area contributed by atoms with Crippen molar-refractivity contribution in [2.45, 2.75) is 32.3 Å². The predicted molar refractivity (Wildman–Crippen MR) is 146 cm³/mol. The van der Waals surface area contributed by atoms with Crippen LogP contribution in [0.3, 0.4) is 0 Å². The van der Waals surface area contributed by atoms with Crippen LogP contribution in [0.2, 0.25) is 5.02 Å². The first-order chi connectivity index (χ1) is 17.5. The zero-order valence-corrected chi connectivity index (χ0v) is 22.1.